The van der Waals surface area contributed by atoms with Crippen molar-refractivity contribution in [1.82, 2.24) is 15.6 Å². The fraction of sp³-hybridized carbons (Fsp3) is 0.474. The third-order valence-electron chi connectivity index (χ3n) is 4.35. The second kappa shape index (κ2) is 7.14. The van der Waals surface area contributed by atoms with E-state index < -0.39 is 6.10 Å². The third-order valence-corrected chi connectivity index (χ3v) is 5.67. The summed E-state index contributed by atoms with van der Waals surface area (Å²) >= 11 is 1.66. The summed E-state index contributed by atoms with van der Waals surface area (Å²) in [7, 11) is 0. The van der Waals surface area contributed by atoms with Gasteiger partial charge in [0.25, 0.3) is 0 Å². The van der Waals surface area contributed by atoms with Gasteiger partial charge in [-0.25, -0.2) is 9.78 Å². The van der Waals surface area contributed by atoms with Crippen LogP contribution < -0.4 is 10.6 Å². The molecule has 6 heteroatoms. The first-order valence-corrected chi connectivity index (χ1v) is 9.47. The predicted octanol–water partition coefficient (Wildman–Crippen LogP) is 2.94. The number of hydrogen-bond donors (Lipinski definition) is 3. The molecule has 3 rings (SSSR count). The zero-order chi connectivity index (χ0) is 18.0. The predicted molar refractivity (Wildman–Crippen MR) is 99.9 cm³/mol. The second-order valence-corrected chi connectivity index (χ2v) is 8.35. The highest BCUT2D eigenvalue weighted by Crippen LogP contribution is 2.31. The molecule has 25 heavy (non-hydrogen) atoms. The van der Waals surface area contributed by atoms with E-state index in [1.54, 1.807) is 11.3 Å². The van der Waals surface area contributed by atoms with Crippen molar-refractivity contribution < 1.29 is 9.90 Å². The van der Waals surface area contributed by atoms with Crippen molar-refractivity contribution in [3.05, 3.63) is 51.5 Å². The Morgan fingerprint density at radius 2 is 2.12 bits per heavy atom. The Labute approximate surface area is 152 Å². The number of aliphatic hydroxyl groups is 1. The first-order valence-electron chi connectivity index (χ1n) is 8.59. The summed E-state index contributed by atoms with van der Waals surface area (Å²) in [5.74, 6) is 0. The Balaban J connectivity index is 1.50. The number of carbonyl (C=O) groups is 1. The Morgan fingerprint density at radius 3 is 2.84 bits per heavy atom. The smallest absolute Gasteiger partial charge is 0.315 e. The van der Waals surface area contributed by atoms with E-state index >= 15 is 0 Å². The van der Waals surface area contributed by atoms with E-state index in [0.717, 1.165) is 21.8 Å². The van der Waals surface area contributed by atoms with Crippen LogP contribution in [0, 0.1) is 0 Å². The maximum Gasteiger partial charge on any atom is 0.315 e. The van der Waals surface area contributed by atoms with Crippen LogP contribution in [0.4, 0.5) is 4.79 Å². The van der Waals surface area contributed by atoms with Gasteiger partial charge >= 0.3 is 6.03 Å². The maximum absolute atomic E-state index is 12.2. The van der Waals surface area contributed by atoms with Gasteiger partial charge in [-0.2, -0.15) is 0 Å². The van der Waals surface area contributed by atoms with Gasteiger partial charge in [-0.3, -0.25) is 0 Å². The normalized spacial score (nSPS) is 19.5. The van der Waals surface area contributed by atoms with Crippen LogP contribution in [0.5, 0.6) is 0 Å². The number of nitrogens with zero attached hydrogens (tertiary/aromatic N) is 1. The van der Waals surface area contributed by atoms with Gasteiger partial charge in [0.1, 0.15) is 0 Å². The molecule has 0 aliphatic heterocycles. The number of rotatable bonds is 4. The number of thiazole rings is 1. The van der Waals surface area contributed by atoms with E-state index in [0.29, 0.717) is 19.4 Å². The molecule has 0 saturated carbocycles. The summed E-state index contributed by atoms with van der Waals surface area (Å²) in [6, 6.07) is 7.23. The first-order chi connectivity index (χ1) is 11.8. The van der Waals surface area contributed by atoms with Gasteiger partial charge in [0.2, 0.25) is 0 Å². The van der Waals surface area contributed by atoms with Crippen LogP contribution in [0.15, 0.2) is 29.6 Å². The van der Waals surface area contributed by atoms with Gasteiger partial charge in [0.15, 0.2) is 0 Å². The Hall–Kier alpha value is -1.92. The van der Waals surface area contributed by atoms with E-state index in [1.165, 1.54) is 0 Å². The third kappa shape index (κ3) is 4.19. The van der Waals surface area contributed by atoms with Crippen LogP contribution in [0.3, 0.4) is 0 Å². The van der Waals surface area contributed by atoms with Crippen molar-refractivity contribution in [2.45, 2.75) is 51.2 Å². The lowest BCUT2D eigenvalue weighted by molar-refractivity contribution is 0.142. The number of urea groups is 1. The molecule has 2 aromatic rings. The van der Waals surface area contributed by atoms with Gasteiger partial charge in [-0.05, 0) is 11.1 Å². The summed E-state index contributed by atoms with van der Waals surface area (Å²) in [6.07, 6.45) is 0.704. The molecular weight excluding hydrogens is 334 g/mol. The zero-order valence-electron chi connectivity index (χ0n) is 14.9. The van der Waals surface area contributed by atoms with E-state index in [9.17, 15) is 9.90 Å². The molecule has 0 radical (unpaired) electrons. The minimum atomic E-state index is -0.573. The highest BCUT2D eigenvalue weighted by molar-refractivity contribution is 7.09. The summed E-state index contributed by atoms with van der Waals surface area (Å²) in [6.45, 7) is 6.95. The minimum absolute atomic E-state index is 0.0553. The number of aromatic nitrogens is 1. The quantitative estimate of drug-likeness (QED) is 0.786. The van der Waals surface area contributed by atoms with Crippen LogP contribution in [0.25, 0.3) is 0 Å². The molecule has 1 aromatic carbocycles. The van der Waals surface area contributed by atoms with E-state index in [-0.39, 0.29) is 17.5 Å². The lowest BCUT2D eigenvalue weighted by atomic mass is 9.98. The molecule has 0 spiro atoms. The van der Waals surface area contributed by atoms with Gasteiger partial charge in [-0.15, -0.1) is 11.3 Å². The standard InChI is InChI=1S/C19H25N3O2S/c1-19(2,3)17-21-13(11-25-17)8-9-20-18(24)22-16-14-7-5-4-6-12(14)10-15(16)23/h4-7,11,15-16,23H,8-10H2,1-3H3,(H2,20,22,24)/t15-,16+/m1/s1. The average Bonchev–Trinajstić information content (AvgIpc) is 3.13. The number of hydrogen-bond acceptors (Lipinski definition) is 4. The van der Waals surface area contributed by atoms with E-state index in [2.05, 4.69) is 41.8 Å². The number of aliphatic hydroxyl groups excluding tert-OH is 1. The van der Waals surface area contributed by atoms with Gasteiger partial charge < -0.3 is 15.7 Å². The van der Waals surface area contributed by atoms with E-state index in [1.807, 2.05) is 24.3 Å². The average molecular weight is 359 g/mol. The molecule has 2 amide bonds. The summed E-state index contributed by atoms with van der Waals surface area (Å²) in [5, 5.41) is 19.1. The lowest BCUT2D eigenvalue weighted by Crippen LogP contribution is -2.41. The summed E-state index contributed by atoms with van der Waals surface area (Å²) in [4.78, 5) is 16.8. The van der Waals surface area contributed by atoms with Crippen molar-refractivity contribution in [1.29, 1.82) is 0 Å². The molecule has 0 fully saturated rings. The fourth-order valence-electron chi connectivity index (χ4n) is 3.01. The van der Waals surface area contributed by atoms with Crippen LogP contribution >= 0.6 is 11.3 Å². The highest BCUT2D eigenvalue weighted by atomic mass is 32.1. The second-order valence-electron chi connectivity index (χ2n) is 7.49. The molecule has 3 N–H and O–H groups in total. The Kier molecular flexibility index (Phi) is 5.11. The molecule has 0 unspecified atom stereocenters. The molecule has 1 aliphatic rings. The monoisotopic (exact) mass is 359 g/mol. The van der Waals surface area contributed by atoms with Crippen LogP contribution in [0.2, 0.25) is 0 Å². The molecule has 134 valence electrons. The fourth-order valence-corrected chi connectivity index (χ4v) is 3.95. The van der Waals surface area contributed by atoms with Crippen LogP contribution in [0.1, 0.15) is 48.6 Å². The van der Waals surface area contributed by atoms with Crippen molar-refractivity contribution in [3.63, 3.8) is 0 Å². The molecule has 0 bridgehead atoms. The number of amides is 2. The molecule has 1 aliphatic carbocycles. The van der Waals surface area contributed by atoms with Crippen molar-refractivity contribution in [2.75, 3.05) is 6.54 Å². The number of carbonyl (C=O) groups excluding carboxylic acids is 1. The molecule has 5 nitrogen and oxygen atoms in total. The van der Waals surface area contributed by atoms with Gasteiger partial charge in [0.05, 0.1) is 22.8 Å². The summed E-state index contributed by atoms with van der Waals surface area (Å²) < 4.78 is 0. The molecule has 0 saturated heterocycles. The van der Waals surface area contributed by atoms with Gasteiger partial charge in [-0.1, -0.05) is 45.0 Å². The van der Waals surface area contributed by atoms with Crippen LogP contribution in [-0.4, -0.2) is 28.8 Å². The first kappa shape index (κ1) is 17.9. The zero-order valence-corrected chi connectivity index (χ0v) is 15.7. The van der Waals surface area contributed by atoms with Crippen molar-refractivity contribution >= 4 is 17.4 Å². The lowest BCUT2D eigenvalue weighted by Gasteiger charge is -2.18. The maximum atomic E-state index is 12.2. The van der Waals surface area contributed by atoms with Gasteiger partial charge in [0, 0.05) is 30.2 Å². The molecular formula is C19H25N3O2S. The molecule has 1 aromatic heterocycles. The number of nitrogens with one attached hydrogen (secondary N) is 2. The largest absolute Gasteiger partial charge is 0.390 e. The van der Waals surface area contributed by atoms with Crippen LogP contribution in [-0.2, 0) is 18.3 Å². The number of fused-ring (bicyclic) bond motifs is 1. The van der Waals surface area contributed by atoms with E-state index in [4.69, 9.17) is 0 Å². The van der Waals surface area contributed by atoms with Crippen molar-refractivity contribution in [2.24, 2.45) is 0 Å². The topological polar surface area (TPSA) is 74.2 Å². The SMILES string of the molecule is CC(C)(C)c1nc(CCNC(=O)N[C@H]2c3ccccc3C[C@H]2O)cs1. The highest BCUT2D eigenvalue weighted by Gasteiger charge is 2.31. The molecule has 1 heterocycles. The summed E-state index contributed by atoms with van der Waals surface area (Å²) in [5.41, 5.74) is 3.15. The molecule has 2 atom stereocenters. The number of benzene rings is 1. The Bertz CT molecular complexity index is 751. The minimum Gasteiger partial charge on any atom is -0.390 e. The van der Waals surface area contributed by atoms with Crippen molar-refractivity contribution in [3.8, 4) is 0 Å². The Morgan fingerprint density at radius 1 is 1.36 bits per heavy atom.